The summed E-state index contributed by atoms with van der Waals surface area (Å²) in [4.78, 5) is 23.2. The van der Waals surface area contributed by atoms with Crippen LogP contribution in [0, 0.1) is 11.6 Å². The molecule has 1 amide bonds. The van der Waals surface area contributed by atoms with Crippen molar-refractivity contribution in [2.75, 3.05) is 18.8 Å². The first kappa shape index (κ1) is 19.9. The number of aromatic nitrogens is 2. The van der Waals surface area contributed by atoms with Gasteiger partial charge in [0, 0.05) is 30.8 Å². The molecule has 0 aliphatic carbocycles. The minimum absolute atomic E-state index is 0.00118. The van der Waals surface area contributed by atoms with Gasteiger partial charge in [0.2, 0.25) is 11.9 Å². The Kier molecular flexibility index (Phi) is 5.70. The molecular weight excluding hydrogens is 386 g/mol. The Labute approximate surface area is 173 Å². The fourth-order valence-electron chi connectivity index (χ4n) is 3.89. The molecule has 1 aromatic heterocycles. The van der Waals surface area contributed by atoms with E-state index in [0.717, 1.165) is 35.2 Å². The van der Waals surface area contributed by atoms with Crippen molar-refractivity contribution < 1.29 is 13.6 Å². The number of rotatable bonds is 4. The van der Waals surface area contributed by atoms with Crippen LogP contribution in [0.1, 0.15) is 30.0 Å². The average molecular weight is 408 g/mol. The number of amides is 1. The van der Waals surface area contributed by atoms with Crippen molar-refractivity contribution in [2.45, 2.75) is 25.2 Å². The van der Waals surface area contributed by atoms with Gasteiger partial charge in [-0.2, -0.15) is 0 Å². The normalized spacial score (nSPS) is 16.5. The van der Waals surface area contributed by atoms with Gasteiger partial charge in [0.1, 0.15) is 11.6 Å². The highest BCUT2D eigenvalue weighted by Crippen LogP contribution is 2.33. The molecule has 2 aromatic carbocycles. The molecule has 1 unspecified atom stereocenters. The number of hydrogen-bond acceptors (Lipinski definition) is 4. The summed E-state index contributed by atoms with van der Waals surface area (Å²) in [5, 5.41) is 0. The molecule has 1 fully saturated rings. The molecular formula is C23H22F2N4O. The number of benzene rings is 2. The molecule has 0 spiro atoms. The molecule has 0 radical (unpaired) electrons. The summed E-state index contributed by atoms with van der Waals surface area (Å²) in [6.45, 7) is 1.19. The second kappa shape index (κ2) is 8.57. The number of hydrogen-bond donors (Lipinski definition) is 1. The van der Waals surface area contributed by atoms with Crippen LogP contribution in [0.15, 0.2) is 54.7 Å². The van der Waals surface area contributed by atoms with Crippen molar-refractivity contribution in [1.29, 1.82) is 0 Å². The second-order valence-corrected chi connectivity index (χ2v) is 7.52. The molecule has 1 aliphatic rings. The van der Waals surface area contributed by atoms with Crippen molar-refractivity contribution in [3.8, 4) is 11.1 Å². The van der Waals surface area contributed by atoms with Gasteiger partial charge in [0.25, 0.3) is 0 Å². The summed E-state index contributed by atoms with van der Waals surface area (Å²) >= 11 is 0. The average Bonchev–Trinajstić information content (AvgIpc) is 2.76. The highest BCUT2D eigenvalue weighted by atomic mass is 19.1. The third kappa shape index (κ3) is 4.45. The van der Waals surface area contributed by atoms with Crippen molar-refractivity contribution >= 4 is 11.9 Å². The molecule has 0 saturated carbocycles. The van der Waals surface area contributed by atoms with E-state index in [2.05, 4.69) is 9.97 Å². The van der Waals surface area contributed by atoms with Gasteiger partial charge in [0.15, 0.2) is 0 Å². The van der Waals surface area contributed by atoms with E-state index in [-0.39, 0.29) is 35.8 Å². The standard InChI is InChI=1S/C23H22F2N4O/c24-18-7-3-15(4-8-18)12-21(30)29-11-1-2-17(14-29)22-20(13-27-23(26)28-22)16-5-9-19(25)10-6-16/h3-10,13,17H,1-2,11-12,14H2,(H2,26,27,28). The molecule has 3 aromatic rings. The van der Waals surface area contributed by atoms with E-state index in [1.807, 2.05) is 4.90 Å². The van der Waals surface area contributed by atoms with Gasteiger partial charge in [-0.1, -0.05) is 24.3 Å². The lowest BCUT2D eigenvalue weighted by atomic mass is 9.89. The number of nitrogens with zero attached hydrogens (tertiary/aromatic N) is 3. The van der Waals surface area contributed by atoms with Gasteiger partial charge in [-0.25, -0.2) is 18.7 Å². The Balaban J connectivity index is 1.55. The third-order valence-corrected chi connectivity index (χ3v) is 5.42. The van der Waals surface area contributed by atoms with Crippen LogP contribution in [0.5, 0.6) is 0 Å². The SMILES string of the molecule is Nc1ncc(-c2ccc(F)cc2)c(C2CCCN(C(=O)Cc3ccc(F)cc3)C2)n1. The lowest BCUT2D eigenvalue weighted by Crippen LogP contribution is -2.40. The molecule has 7 heteroatoms. The minimum Gasteiger partial charge on any atom is -0.368 e. The molecule has 30 heavy (non-hydrogen) atoms. The van der Waals surface area contributed by atoms with Crippen LogP contribution in [0.2, 0.25) is 0 Å². The summed E-state index contributed by atoms with van der Waals surface area (Å²) in [6.07, 6.45) is 3.59. The lowest BCUT2D eigenvalue weighted by molar-refractivity contribution is -0.131. The highest BCUT2D eigenvalue weighted by Gasteiger charge is 2.28. The summed E-state index contributed by atoms with van der Waals surface area (Å²) < 4.78 is 26.5. The fourth-order valence-corrected chi connectivity index (χ4v) is 3.89. The van der Waals surface area contributed by atoms with E-state index in [1.165, 1.54) is 24.3 Å². The van der Waals surface area contributed by atoms with E-state index < -0.39 is 0 Å². The Morgan fingerprint density at radius 2 is 1.73 bits per heavy atom. The topological polar surface area (TPSA) is 72.1 Å². The van der Waals surface area contributed by atoms with Crippen LogP contribution in [0.4, 0.5) is 14.7 Å². The van der Waals surface area contributed by atoms with E-state index in [4.69, 9.17) is 5.73 Å². The predicted octanol–water partition coefficient (Wildman–Crippen LogP) is 3.95. The van der Waals surface area contributed by atoms with Gasteiger partial charge in [-0.3, -0.25) is 4.79 Å². The predicted molar refractivity (Wildman–Crippen MR) is 110 cm³/mol. The van der Waals surface area contributed by atoms with Crippen LogP contribution in [-0.4, -0.2) is 33.9 Å². The lowest BCUT2D eigenvalue weighted by Gasteiger charge is -2.33. The van der Waals surface area contributed by atoms with Crippen LogP contribution >= 0.6 is 0 Å². The summed E-state index contributed by atoms with van der Waals surface area (Å²) in [7, 11) is 0. The highest BCUT2D eigenvalue weighted by molar-refractivity contribution is 5.79. The number of nitrogen functional groups attached to an aromatic ring is 1. The quantitative estimate of drug-likeness (QED) is 0.710. The molecule has 2 heterocycles. The van der Waals surface area contributed by atoms with Crippen molar-refractivity contribution in [3.63, 3.8) is 0 Å². The number of likely N-dealkylation sites (tertiary alicyclic amines) is 1. The van der Waals surface area contributed by atoms with Gasteiger partial charge in [-0.05, 0) is 48.2 Å². The van der Waals surface area contributed by atoms with E-state index in [1.54, 1.807) is 30.5 Å². The van der Waals surface area contributed by atoms with Gasteiger partial charge in [0.05, 0.1) is 12.1 Å². The van der Waals surface area contributed by atoms with Crippen molar-refractivity contribution in [1.82, 2.24) is 14.9 Å². The maximum absolute atomic E-state index is 13.3. The van der Waals surface area contributed by atoms with E-state index >= 15 is 0 Å². The molecule has 154 valence electrons. The smallest absolute Gasteiger partial charge is 0.227 e. The molecule has 4 rings (SSSR count). The monoisotopic (exact) mass is 408 g/mol. The first-order chi connectivity index (χ1) is 14.5. The zero-order valence-corrected chi connectivity index (χ0v) is 16.4. The Hall–Kier alpha value is -3.35. The summed E-state index contributed by atoms with van der Waals surface area (Å²) in [5.74, 6) is -0.464. The Morgan fingerprint density at radius 3 is 2.43 bits per heavy atom. The molecule has 1 saturated heterocycles. The fraction of sp³-hybridized carbons (Fsp3) is 0.261. The van der Waals surface area contributed by atoms with Gasteiger partial charge in [-0.15, -0.1) is 0 Å². The third-order valence-electron chi connectivity index (χ3n) is 5.42. The molecule has 5 nitrogen and oxygen atoms in total. The summed E-state index contributed by atoms with van der Waals surface area (Å²) in [6, 6.07) is 12.2. The van der Waals surface area contributed by atoms with E-state index in [9.17, 15) is 13.6 Å². The molecule has 1 atom stereocenters. The number of piperidine rings is 1. The summed E-state index contributed by atoms with van der Waals surface area (Å²) in [5.41, 5.74) is 9.00. The minimum atomic E-state index is -0.320. The number of halogens is 2. The van der Waals surface area contributed by atoms with Crippen molar-refractivity contribution in [3.05, 3.63) is 77.6 Å². The Morgan fingerprint density at radius 1 is 1.07 bits per heavy atom. The number of nitrogens with two attached hydrogens (primary N) is 1. The van der Waals surface area contributed by atoms with Crippen LogP contribution in [0.3, 0.4) is 0 Å². The first-order valence-electron chi connectivity index (χ1n) is 9.90. The zero-order valence-electron chi connectivity index (χ0n) is 16.4. The van der Waals surface area contributed by atoms with E-state index in [0.29, 0.717) is 13.1 Å². The number of carbonyl (C=O) groups is 1. The van der Waals surface area contributed by atoms with Crippen LogP contribution in [-0.2, 0) is 11.2 Å². The molecule has 2 N–H and O–H groups in total. The van der Waals surface area contributed by atoms with Crippen molar-refractivity contribution in [2.24, 2.45) is 0 Å². The maximum atomic E-state index is 13.3. The zero-order chi connectivity index (χ0) is 21.1. The number of carbonyl (C=O) groups excluding carboxylic acids is 1. The first-order valence-corrected chi connectivity index (χ1v) is 9.90. The Bertz CT molecular complexity index is 1040. The largest absolute Gasteiger partial charge is 0.368 e. The maximum Gasteiger partial charge on any atom is 0.227 e. The van der Waals surface area contributed by atoms with Crippen LogP contribution in [0.25, 0.3) is 11.1 Å². The van der Waals surface area contributed by atoms with Gasteiger partial charge < -0.3 is 10.6 Å². The van der Waals surface area contributed by atoms with Crippen LogP contribution < -0.4 is 5.73 Å². The molecule has 1 aliphatic heterocycles. The second-order valence-electron chi connectivity index (χ2n) is 7.52. The number of anilines is 1. The van der Waals surface area contributed by atoms with Gasteiger partial charge >= 0.3 is 0 Å². The molecule has 0 bridgehead atoms.